The van der Waals surface area contributed by atoms with E-state index in [1.54, 1.807) is 24.3 Å². The van der Waals surface area contributed by atoms with Crippen molar-refractivity contribution < 1.29 is 9.53 Å². The number of nitrogens with one attached hydrogen (secondary N) is 2. The molecular weight excluding hydrogens is 400 g/mol. The van der Waals surface area contributed by atoms with Crippen LogP contribution in [0.15, 0.2) is 56.8 Å². The largest absolute Gasteiger partial charge is 0.456 e. The van der Waals surface area contributed by atoms with E-state index in [0.29, 0.717) is 15.9 Å². The zero-order valence-corrected chi connectivity index (χ0v) is 15.5. The molecule has 29 heavy (non-hydrogen) atoms. The van der Waals surface area contributed by atoms with Crippen molar-refractivity contribution in [2.45, 2.75) is 13.2 Å². The summed E-state index contributed by atoms with van der Waals surface area (Å²) in [5.74, 6) is -0.663. The Morgan fingerprint density at radius 1 is 1.03 bits per heavy atom. The molecule has 0 unspecified atom stereocenters. The van der Waals surface area contributed by atoms with Gasteiger partial charge >= 0.3 is 5.97 Å². The first-order valence-corrected chi connectivity index (χ1v) is 8.86. The average molecular weight is 413 g/mol. The molecule has 2 aromatic heterocycles. The molecule has 146 valence electrons. The number of fused-ring (bicyclic) bond motifs is 2. The highest BCUT2D eigenvalue weighted by Crippen LogP contribution is 2.14. The summed E-state index contributed by atoms with van der Waals surface area (Å²) in [5.41, 5.74) is -1.05. The lowest BCUT2D eigenvalue weighted by Gasteiger charge is -2.08. The normalized spacial score (nSPS) is 11.1. The van der Waals surface area contributed by atoms with Gasteiger partial charge in [0, 0.05) is 5.02 Å². The molecule has 4 rings (SSSR count). The smallest absolute Gasteiger partial charge is 0.328 e. The number of rotatable bonds is 4. The van der Waals surface area contributed by atoms with E-state index in [0.717, 1.165) is 4.68 Å². The number of aromatic amines is 2. The van der Waals surface area contributed by atoms with Crippen LogP contribution < -0.4 is 16.7 Å². The van der Waals surface area contributed by atoms with Crippen molar-refractivity contribution in [3.05, 3.63) is 84.4 Å². The Hall–Kier alpha value is -3.72. The number of H-pyrrole nitrogens is 2. The topological polar surface area (TPSA) is 127 Å². The third kappa shape index (κ3) is 3.67. The lowest BCUT2D eigenvalue weighted by Crippen LogP contribution is -2.32. The van der Waals surface area contributed by atoms with E-state index in [2.05, 4.69) is 15.1 Å². The second-order valence-electron chi connectivity index (χ2n) is 6.21. The number of nitrogens with zero attached hydrogens (tertiary/aromatic N) is 2. The van der Waals surface area contributed by atoms with Crippen LogP contribution in [-0.2, 0) is 22.7 Å². The monoisotopic (exact) mass is 412 g/mol. The van der Waals surface area contributed by atoms with Crippen LogP contribution in [0.4, 0.5) is 0 Å². The Morgan fingerprint density at radius 3 is 2.59 bits per heavy atom. The molecule has 0 aliphatic heterocycles. The summed E-state index contributed by atoms with van der Waals surface area (Å²) >= 11 is 5.91. The lowest BCUT2D eigenvalue weighted by molar-refractivity contribution is -0.146. The molecule has 0 saturated heterocycles. The van der Waals surface area contributed by atoms with Crippen LogP contribution in [0.5, 0.6) is 0 Å². The van der Waals surface area contributed by atoms with Gasteiger partial charge in [0.2, 0.25) is 0 Å². The van der Waals surface area contributed by atoms with E-state index in [1.807, 2.05) is 0 Å². The Kier molecular flexibility index (Phi) is 4.73. The van der Waals surface area contributed by atoms with Crippen molar-refractivity contribution in [3.63, 3.8) is 0 Å². The fourth-order valence-corrected chi connectivity index (χ4v) is 3.08. The van der Waals surface area contributed by atoms with Gasteiger partial charge in [0.05, 0.1) is 21.7 Å². The number of ether oxygens (including phenoxy) is 1. The first-order chi connectivity index (χ1) is 13.9. The van der Waals surface area contributed by atoms with Gasteiger partial charge in [-0.2, -0.15) is 0 Å². The van der Waals surface area contributed by atoms with E-state index < -0.39 is 29.2 Å². The van der Waals surface area contributed by atoms with Crippen molar-refractivity contribution in [1.82, 2.24) is 19.7 Å². The van der Waals surface area contributed by atoms with E-state index in [4.69, 9.17) is 16.3 Å². The second kappa shape index (κ2) is 7.36. The third-order valence-corrected chi connectivity index (χ3v) is 4.49. The maximum atomic E-state index is 12.4. The van der Waals surface area contributed by atoms with Crippen LogP contribution in [0.25, 0.3) is 21.7 Å². The van der Waals surface area contributed by atoms with Crippen molar-refractivity contribution in [1.29, 1.82) is 0 Å². The van der Waals surface area contributed by atoms with Gasteiger partial charge in [0.25, 0.3) is 16.7 Å². The minimum Gasteiger partial charge on any atom is -0.456 e. The summed E-state index contributed by atoms with van der Waals surface area (Å²) in [5, 5.41) is 3.54. The van der Waals surface area contributed by atoms with Crippen molar-refractivity contribution in [2.24, 2.45) is 0 Å². The standard InChI is InChI=1S/C19H13ClN4O5/c20-10-5-6-13-14(7-10)21-15(22-17(13)26)9-29-16(25)8-24-19(28)12-4-2-1-3-11(12)18(27)23-24/h1-7H,8-9H2,(H,23,27)(H,21,22,26). The summed E-state index contributed by atoms with van der Waals surface area (Å²) in [4.78, 5) is 55.5. The van der Waals surface area contributed by atoms with Gasteiger partial charge in [-0.15, -0.1) is 0 Å². The minimum absolute atomic E-state index is 0.123. The fourth-order valence-electron chi connectivity index (χ4n) is 2.91. The molecule has 0 aliphatic carbocycles. The first-order valence-electron chi connectivity index (χ1n) is 8.48. The van der Waals surface area contributed by atoms with Crippen LogP contribution in [0.1, 0.15) is 5.82 Å². The zero-order valence-electron chi connectivity index (χ0n) is 14.8. The molecule has 0 saturated carbocycles. The fraction of sp³-hybridized carbons (Fsp3) is 0.105. The lowest BCUT2D eigenvalue weighted by atomic mass is 10.2. The average Bonchev–Trinajstić information content (AvgIpc) is 2.70. The number of hydrogen-bond donors (Lipinski definition) is 2. The molecule has 0 radical (unpaired) electrons. The summed E-state index contributed by atoms with van der Waals surface area (Å²) in [6.07, 6.45) is 0. The predicted octanol–water partition coefficient (Wildman–Crippen LogP) is 1.32. The molecule has 2 aromatic carbocycles. The van der Waals surface area contributed by atoms with Crippen LogP contribution in [0, 0.1) is 0 Å². The number of carbonyl (C=O) groups is 1. The summed E-state index contributed by atoms with van der Waals surface area (Å²) < 4.78 is 5.97. The molecule has 2 heterocycles. The Morgan fingerprint density at radius 2 is 1.79 bits per heavy atom. The summed E-state index contributed by atoms with van der Waals surface area (Å²) in [7, 11) is 0. The van der Waals surface area contributed by atoms with Crippen LogP contribution in [-0.4, -0.2) is 25.7 Å². The van der Waals surface area contributed by atoms with Crippen LogP contribution >= 0.6 is 11.6 Å². The number of benzene rings is 2. The summed E-state index contributed by atoms with van der Waals surface area (Å²) in [6.45, 7) is -0.814. The molecule has 0 spiro atoms. The molecule has 10 heteroatoms. The maximum absolute atomic E-state index is 12.4. The molecule has 2 N–H and O–H groups in total. The highest BCUT2D eigenvalue weighted by atomic mass is 35.5. The van der Waals surface area contributed by atoms with Gasteiger partial charge in [-0.05, 0) is 30.3 Å². The van der Waals surface area contributed by atoms with Crippen molar-refractivity contribution in [3.8, 4) is 0 Å². The molecule has 0 fully saturated rings. The quantitative estimate of drug-likeness (QED) is 0.487. The third-order valence-electron chi connectivity index (χ3n) is 4.26. The molecular formula is C19H13ClN4O5. The van der Waals surface area contributed by atoms with E-state index in [1.165, 1.54) is 18.2 Å². The van der Waals surface area contributed by atoms with Crippen molar-refractivity contribution in [2.75, 3.05) is 0 Å². The Labute approximate surface area is 166 Å². The molecule has 0 amide bonds. The van der Waals surface area contributed by atoms with Crippen LogP contribution in [0.2, 0.25) is 5.02 Å². The highest BCUT2D eigenvalue weighted by molar-refractivity contribution is 6.31. The molecule has 0 bridgehead atoms. The van der Waals surface area contributed by atoms with Gasteiger partial charge in [0.15, 0.2) is 0 Å². The molecule has 4 aromatic rings. The molecule has 0 aliphatic rings. The van der Waals surface area contributed by atoms with Gasteiger partial charge in [-0.3, -0.25) is 24.3 Å². The minimum atomic E-state index is -0.785. The van der Waals surface area contributed by atoms with Gasteiger partial charge in [0.1, 0.15) is 19.0 Å². The second-order valence-corrected chi connectivity index (χ2v) is 6.65. The molecule has 9 nitrogen and oxygen atoms in total. The molecule has 0 atom stereocenters. The van der Waals surface area contributed by atoms with E-state index in [-0.39, 0.29) is 23.2 Å². The SMILES string of the molecule is O=C(Cn1[nH]c(=O)c2ccccc2c1=O)OCc1nc2cc(Cl)ccc2c(=O)[nH]1. The number of aromatic nitrogens is 4. The van der Waals surface area contributed by atoms with E-state index >= 15 is 0 Å². The number of esters is 1. The number of halogens is 1. The van der Waals surface area contributed by atoms with Gasteiger partial charge in [-0.25, -0.2) is 9.67 Å². The highest BCUT2D eigenvalue weighted by Gasteiger charge is 2.12. The van der Waals surface area contributed by atoms with Gasteiger partial charge < -0.3 is 9.72 Å². The van der Waals surface area contributed by atoms with Crippen molar-refractivity contribution >= 4 is 39.2 Å². The number of carbonyl (C=O) groups excluding carboxylic acids is 1. The number of hydrogen-bond acceptors (Lipinski definition) is 6. The summed E-state index contributed by atoms with van der Waals surface area (Å²) in [6, 6.07) is 10.9. The zero-order chi connectivity index (χ0) is 20.5. The van der Waals surface area contributed by atoms with Crippen LogP contribution in [0.3, 0.4) is 0 Å². The Balaban J connectivity index is 1.54. The first kappa shape index (κ1) is 18.6. The maximum Gasteiger partial charge on any atom is 0.328 e. The van der Waals surface area contributed by atoms with Gasteiger partial charge in [-0.1, -0.05) is 23.7 Å². The van der Waals surface area contributed by atoms with E-state index in [9.17, 15) is 19.2 Å². The Bertz CT molecular complexity index is 1440. The predicted molar refractivity (Wildman–Crippen MR) is 106 cm³/mol.